The molecule has 1 atom stereocenters. The summed E-state index contributed by atoms with van der Waals surface area (Å²) in [7, 11) is 0. The molecule has 4 heteroatoms. The molecular weight excluding hydrogens is 240 g/mol. The number of morpholine rings is 1. The Balaban J connectivity index is 1.63. The van der Waals surface area contributed by atoms with Crippen molar-refractivity contribution >= 4 is 10.9 Å². The number of nitrogens with zero attached hydrogens (tertiary/aromatic N) is 1. The van der Waals surface area contributed by atoms with Gasteiger partial charge in [0.15, 0.2) is 0 Å². The first-order chi connectivity index (χ1) is 9.33. The van der Waals surface area contributed by atoms with E-state index in [9.17, 15) is 5.11 Å². The summed E-state index contributed by atoms with van der Waals surface area (Å²) in [6.07, 6.45) is 1.76. The lowest BCUT2D eigenvalue weighted by Gasteiger charge is -2.26. The third-order valence-corrected chi connectivity index (χ3v) is 3.81. The maximum absolute atomic E-state index is 10.3. The zero-order chi connectivity index (χ0) is 13.1. The molecule has 2 heterocycles. The Hall–Kier alpha value is -1.36. The lowest BCUT2D eigenvalue weighted by Crippen LogP contribution is -3.15. The van der Waals surface area contributed by atoms with Gasteiger partial charge >= 0.3 is 0 Å². The number of para-hydroxylation sites is 1. The Kier molecular flexibility index (Phi) is 3.82. The molecule has 1 aromatic carbocycles. The number of benzene rings is 1. The van der Waals surface area contributed by atoms with Crippen molar-refractivity contribution in [3.8, 4) is 0 Å². The smallest absolute Gasteiger partial charge is 0.121 e. The van der Waals surface area contributed by atoms with Crippen LogP contribution >= 0.6 is 0 Å². The number of rotatable bonds is 4. The molecule has 1 saturated heterocycles. The lowest BCUT2D eigenvalue weighted by molar-refractivity contribution is -0.911. The minimum Gasteiger partial charge on any atom is -0.385 e. The number of fused-ring (bicyclic) bond motifs is 1. The molecule has 0 unspecified atom stereocenters. The summed E-state index contributed by atoms with van der Waals surface area (Å²) < 4.78 is 7.48. The fourth-order valence-electron chi connectivity index (χ4n) is 2.79. The van der Waals surface area contributed by atoms with Crippen LogP contribution < -0.4 is 4.90 Å². The van der Waals surface area contributed by atoms with Crippen LogP contribution in [0.25, 0.3) is 10.9 Å². The number of quaternary nitrogens is 1. The number of aliphatic hydroxyl groups is 1. The zero-order valence-electron chi connectivity index (χ0n) is 11.1. The van der Waals surface area contributed by atoms with Crippen molar-refractivity contribution in [1.29, 1.82) is 0 Å². The molecule has 102 valence electrons. The number of aromatic nitrogens is 1. The molecule has 1 fully saturated rings. The van der Waals surface area contributed by atoms with Gasteiger partial charge in [-0.2, -0.15) is 0 Å². The van der Waals surface area contributed by atoms with Gasteiger partial charge < -0.3 is 19.3 Å². The quantitative estimate of drug-likeness (QED) is 0.808. The second-order valence-electron chi connectivity index (χ2n) is 5.25. The second kappa shape index (κ2) is 5.74. The van der Waals surface area contributed by atoms with Crippen LogP contribution in [-0.2, 0) is 11.3 Å². The van der Waals surface area contributed by atoms with Crippen LogP contribution in [0.2, 0.25) is 0 Å². The zero-order valence-corrected chi connectivity index (χ0v) is 11.1. The highest BCUT2D eigenvalue weighted by Gasteiger charge is 2.18. The summed E-state index contributed by atoms with van der Waals surface area (Å²) in [5.41, 5.74) is 1.19. The molecule has 0 amide bonds. The molecule has 1 aromatic heterocycles. The summed E-state index contributed by atoms with van der Waals surface area (Å²) in [4.78, 5) is 1.44. The summed E-state index contributed by atoms with van der Waals surface area (Å²) >= 11 is 0. The van der Waals surface area contributed by atoms with Crippen LogP contribution in [0.5, 0.6) is 0 Å². The van der Waals surface area contributed by atoms with E-state index in [1.54, 1.807) is 0 Å². The van der Waals surface area contributed by atoms with Crippen LogP contribution in [-0.4, -0.2) is 48.6 Å². The molecule has 19 heavy (non-hydrogen) atoms. The summed E-state index contributed by atoms with van der Waals surface area (Å²) in [6.45, 7) is 5.10. The number of aliphatic hydroxyl groups excluding tert-OH is 1. The van der Waals surface area contributed by atoms with Crippen LogP contribution in [0.4, 0.5) is 0 Å². The minimum atomic E-state index is -0.302. The van der Waals surface area contributed by atoms with E-state index in [-0.39, 0.29) is 6.10 Å². The molecule has 2 aromatic rings. The van der Waals surface area contributed by atoms with E-state index in [0.717, 1.165) is 32.8 Å². The van der Waals surface area contributed by atoms with E-state index in [1.165, 1.54) is 15.8 Å². The average molecular weight is 261 g/mol. The monoisotopic (exact) mass is 261 g/mol. The predicted octanol–water partition coefficient (Wildman–Crippen LogP) is -0.0827. The van der Waals surface area contributed by atoms with Gasteiger partial charge in [-0.15, -0.1) is 0 Å². The van der Waals surface area contributed by atoms with E-state index in [2.05, 4.69) is 29.0 Å². The normalized spacial score (nSPS) is 18.8. The predicted molar refractivity (Wildman–Crippen MR) is 74.3 cm³/mol. The third-order valence-electron chi connectivity index (χ3n) is 3.81. The Morgan fingerprint density at radius 2 is 2.00 bits per heavy atom. The summed E-state index contributed by atoms with van der Waals surface area (Å²) in [6, 6.07) is 10.4. The van der Waals surface area contributed by atoms with Crippen molar-refractivity contribution in [2.45, 2.75) is 12.6 Å². The highest BCUT2D eigenvalue weighted by molar-refractivity contribution is 5.79. The largest absolute Gasteiger partial charge is 0.385 e. The number of hydrogen-bond donors (Lipinski definition) is 2. The van der Waals surface area contributed by atoms with E-state index < -0.39 is 0 Å². The van der Waals surface area contributed by atoms with Crippen molar-refractivity contribution in [3.63, 3.8) is 0 Å². The molecule has 0 spiro atoms. The van der Waals surface area contributed by atoms with E-state index >= 15 is 0 Å². The van der Waals surface area contributed by atoms with Crippen LogP contribution in [0.3, 0.4) is 0 Å². The molecule has 3 rings (SSSR count). The van der Waals surface area contributed by atoms with Crippen molar-refractivity contribution < 1.29 is 14.7 Å². The van der Waals surface area contributed by atoms with Gasteiger partial charge in [0.2, 0.25) is 0 Å². The van der Waals surface area contributed by atoms with Gasteiger partial charge in [0, 0.05) is 11.7 Å². The topological polar surface area (TPSA) is 38.8 Å². The number of ether oxygens (including phenoxy) is 1. The van der Waals surface area contributed by atoms with Gasteiger partial charge in [0.25, 0.3) is 0 Å². The minimum absolute atomic E-state index is 0.302. The molecule has 1 aliphatic rings. The molecule has 4 nitrogen and oxygen atoms in total. The van der Waals surface area contributed by atoms with Crippen LogP contribution in [0.15, 0.2) is 36.5 Å². The van der Waals surface area contributed by atoms with E-state index in [1.807, 2.05) is 12.1 Å². The van der Waals surface area contributed by atoms with Crippen LogP contribution in [0.1, 0.15) is 0 Å². The van der Waals surface area contributed by atoms with Crippen molar-refractivity contribution in [2.75, 3.05) is 32.8 Å². The fourth-order valence-corrected chi connectivity index (χ4v) is 2.79. The van der Waals surface area contributed by atoms with Crippen molar-refractivity contribution in [1.82, 2.24) is 4.57 Å². The molecular formula is C15H21N2O2+. The van der Waals surface area contributed by atoms with Gasteiger partial charge in [-0.25, -0.2) is 0 Å². The molecule has 1 aliphatic heterocycles. The summed E-state index contributed by atoms with van der Waals surface area (Å²) in [5.74, 6) is 0. The van der Waals surface area contributed by atoms with Gasteiger partial charge in [-0.3, -0.25) is 0 Å². The maximum Gasteiger partial charge on any atom is 0.121 e. The Morgan fingerprint density at radius 1 is 1.21 bits per heavy atom. The second-order valence-corrected chi connectivity index (χ2v) is 5.25. The van der Waals surface area contributed by atoms with Crippen molar-refractivity contribution in [2.24, 2.45) is 0 Å². The maximum atomic E-state index is 10.3. The van der Waals surface area contributed by atoms with Crippen LogP contribution in [0, 0.1) is 0 Å². The van der Waals surface area contributed by atoms with E-state index in [0.29, 0.717) is 6.54 Å². The lowest BCUT2D eigenvalue weighted by atomic mass is 10.2. The van der Waals surface area contributed by atoms with Gasteiger partial charge in [-0.1, -0.05) is 18.2 Å². The number of hydrogen-bond acceptors (Lipinski definition) is 2. The average Bonchev–Trinajstić information content (AvgIpc) is 2.83. The van der Waals surface area contributed by atoms with E-state index in [4.69, 9.17) is 4.74 Å². The number of nitrogens with one attached hydrogen (secondary N) is 1. The highest BCUT2D eigenvalue weighted by Crippen LogP contribution is 2.15. The standard InChI is InChI=1S/C15H20N2O2/c18-14(11-16-7-9-19-10-8-16)12-17-6-5-13-3-1-2-4-15(13)17/h1-6,14,18H,7-12H2/p+1/t14-/m0/s1. The Morgan fingerprint density at radius 3 is 2.84 bits per heavy atom. The SMILES string of the molecule is O[C@H](Cn1ccc2ccccc21)C[NH+]1CCOCC1. The molecule has 0 aliphatic carbocycles. The third kappa shape index (κ3) is 2.97. The van der Waals surface area contributed by atoms with Gasteiger partial charge in [0.1, 0.15) is 25.7 Å². The summed E-state index contributed by atoms with van der Waals surface area (Å²) in [5, 5.41) is 11.5. The first-order valence-corrected chi connectivity index (χ1v) is 6.96. The molecule has 0 radical (unpaired) electrons. The first kappa shape index (κ1) is 12.7. The van der Waals surface area contributed by atoms with Gasteiger partial charge in [0.05, 0.1) is 19.8 Å². The molecule has 0 bridgehead atoms. The highest BCUT2D eigenvalue weighted by atomic mass is 16.5. The van der Waals surface area contributed by atoms with Gasteiger partial charge in [-0.05, 0) is 17.5 Å². The molecule has 2 N–H and O–H groups in total. The first-order valence-electron chi connectivity index (χ1n) is 6.96. The Labute approximate surface area is 113 Å². The van der Waals surface area contributed by atoms with Crippen molar-refractivity contribution in [3.05, 3.63) is 36.5 Å². The fraction of sp³-hybridized carbons (Fsp3) is 0.467. The molecule has 0 saturated carbocycles. The Bertz CT molecular complexity index is 532.